The van der Waals surface area contributed by atoms with Crippen molar-refractivity contribution in [1.82, 2.24) is 5.32 Å². The summed E-state index contributed by atoms with van der Waals surface area (Å²) in [6.45, 7) is 3.56. The van der Waals surface area contributed by atoms with Gasteiger partial charge in [-0.3, -0.25) is 0 Å². The summed E-state index contributed by atoms with van der Waals surface area (Å²) in [5.74, 6) is 0.956. The molecule has 0 aliphatic rings. The summed E-state index contributed by atoms with van der Waals surface area (Å²) in [6.07, 6.45) is 1.68. The number of ether oxygens (including phenoxy) is 1. The lowest BCUT2D eigenvalue weighted by atomic mass is 10.3. The Kier molecular flexibility index (Phi) is 3.84. The Labute approximate surface area is 72.7 Å². The Morgan fingerprint density at radius 3 is 3.08 bits per heavy atom. The zero-order chi connectivity index (χ0) is 8.81. The van der Waals surface area contributed by atoms with Crippen molar-refractivity contribution in [1.29, 1.82) is 0 Å². The minimum Gasteiger partial charge on any atom is -0.468 e. The minimum absolute atomic E-state index is 0.361. The fourth-order valence-corrected chi connectivity index (χ4v) is 0.997. The number of hydrogen-bond acceptors (Lipinski definition) is 3. The van der Waals surface area contributed by atoms with E-state index in [-0.39, 0.29) is 0 Å². The largest absolute Gasteiger partial charge is 0.468 e. The molecule has 0 aromatic carbocycles. The molecule has 0 unspecified atom stereocenters. The van der Waals surface area contributed by atoms with Crippen molar-refractivity contribution >= 4 is 0 Å². The van der Waals surface area contributed by atoms with Crippen LogP contribution < -0.4 is 5.32 Å². The molecule has 0 spiro atoms. The normalized spacial score (nSPS) is 13.2. The maximum atomic E-state index is 5.16. The smallest absolute Gasteiger partial charge is 0.117 e. The maximum absolute atomic E-state index is 5.16. The first kappa shape index (κ1) is 9.29. The molecular weight excluding hydrogens is 154 g/mol. The molecule has 0 amide bonds. The number of furan rings is 1. The van der Waals surface area contributed by atoms with Gasteiger partial charge in [-0.2, -0.15) is 0 Å². The van der Waals surface area contributed by atoms with Crippen LogP contribution in [0.4, 0.5) is 0 Å². The van der Waals surface area contributed by atoms with Crippen LogP contribution >= 0.6 is 0 Å². The van der Waals surface area contributed by atoms with E-state index in [2.05, 4.69) is 12.2 Å². The highest BCUT2D eigenvalue weighted by Crippen LogP contribution is 1.99. The Balaban J connectivity index is 2.17. The van der Waals surface area contributed by atoms with Gasteiger partial charge < -0.3 is 14.5 Å². The molecule has 0 fully saturated rings. The Hall–Kier alpha value is -0.800. The number of nitrogens with one attached hydrogen (secondary N) is 1. The Morgan fingerprint density at radius 2 is 2.50 bits per heavy atom. The highest BCUT2D eigenvalue weighted by atomic mass is 16.5. The van der Waals surface area contributed by atoms with Crippen molar-refractivity contribution in [2.45, 2.75) is 19.5 Å². The summed E-state index contributed by atoms with van der Waals surface area (Å²) < 4.78 is 10.1. The van der Waals surface area contributed by atoms with Crippen molar-refractivity contribution in [2.24, 2.45) is 0 Å². The first-order chi connectivity index (χ1) is 5.83. The Morgan fingerprint density at radius 1 is 1.67 bits per heavy atom. The zero-order valence-electron chi connectivity index (χ0n) is 7.54. The molecule has 68 valence electrons. The summed E-state index contributed by atoms with van der Waals surface area (Å²) in [6, 6.07) is 4.20. The van der Waals surface area contributed by atoms with Crippen LogP contribution in [-0.2, 0) is 11.3 Å². The predicted molar refractivity (Wildman–Crippen MR) is 46.9 cm³/mol. The molecule has 12 heavy (non-hydrogen) atoms. The van der Waals surface area contributed by atoms with Crippen LogP contribution in [0.2, 0.25) is 0 Å². The summed E-state index contributed by atoms with van der Waals surface area (Å²) in [4.78, 5) is 0. The standard InChI is InChI=1S/C9H15NO2/c1-8(7-11-2)10-6-9-4-3-5-12-9/h3-5,8,10H,6-7H2,1-2H3/t8-/m0/s1. The summed E-state index contributed by atoms with van der Waals surface area (Å²) in [5.41, 5.74) is 0. The third kappa shape index (κ3) is 3.07. The van der Waals surface area contributed by atoms with Crippen LogP contribution in [-0.4, -0.2) is 19.8 Å². The van der Waals surface area contributed by atoms with Gasteiger partial charge in [-0.25, -0.2) is 0 Å². The first-order valence-corrected chi connectivity index (χ1v) is 4.07. The van der Waals surface area contributed by atoms with Crippen LogP contribution in [0.15, 0.2) is 22.8 Å². The maximum Gasteiger partial charge on any atom is 0.117 e. The molecule has 0 saturated heterocycles. The van der Waals surface area contributed by atoms with Gasteiger partial charge in [0.05, 0.1) is 19.4 Å². The molecule has 0 aliphatic carbocycles. The highest BCUT2D eigenvalue weighted by molar-refractivity contribution is 4.97. The number of hydrogen-bond donors (Lipinski definition) is 1. The van der Waals surface area contributed by atoms with Gasteiger partial charge in [0.15, 0.2) is 0 Å². The summed E-state index contributed by atoms with van der Waals surface area (Å²) in [7, 11) is 1.70. The molecule has 0 aliphatic heterocycles. The molecule has 0 radical (unpaired) electrons. The highest BCUT2D eigenvalue weighted by Gasteiger charge is 2.00. The SMILES string of the molecule is COC[C@H](C)NCc1ccco1. The van der Waals surface area contributed by atoms with E-state index in [4.69, 9.17) is 9.15 Å². The van der Waals surface area contributed by atoms with E-state index in [9.17, 15) is 0 Å². The first-order valence-electron chi connectivity index (χ1n) is 4.07. The van der Waals surface area contributed by atoms with E-state index in [0.717, 1.165) is 18.9 Å². The molecule has 1 aromatic heterocycles. The van der Waals surface area contributed by atoms with Gasteiger partial charge in [0, 0.05) is 13.2 Å². The van der Waals surface area contributed by atoms with Gasteiger partial charge in [0.25, 0.3) is 0 Å². The lowest BCUT2D eigenvalue weighted by Gasteiger charge is -2.10. The molecule has 1 rings (SSSR count). The van der Waals surface area contributed by atoms with Gasteiger partial charge in [-0.15, -0.1) is 0 Å². The van der Waals surface area contributed by atoms with Gasteiger partial charge >= 0.3 is 0 Å². The van der Waals surface area contributed by atoms with Gasteiger partial charge in [0.1, 0.15) is 5.76 Å². The summed E-state index contributed by atoms with van der Waals surface area (Å²) in [5, 5.41) is 3.27. The molecule has 1 aromatic rings. The predicted octanol–water partition coefficient (Wildman–Crippen LogP) is 1.40. The minimum atomic E-state index is 0.361. The topological polar surface area (TPSA) is 34.4 Å². The molecule has 1 atom stereocenters. The van der Waals surface area contributed by atoms with E-state index in [0.29, 0.717) is 6.04 Å². The van der Waals surface area contributed by atoms with E-state index in [1.807, 2.05) is 12.1 Å². The van der Waals surface area contributed by atoms with Crippen molar-refractivity contribution in [3.8, 4) is 0 Å². The molecule has 0 bridgehead atoms. The van der Waals surface area contributed by atoms with Crippen molar-refractivity contribution < 1.29 is 9.15 Å². The van der Waals surface area contributed by atoms with E-state index in [1.165, 1.54) is 0 Å². The Bertz CT molecular complexity index is 196. The van der Waals surface area contributed by atoms with Crippen LogP contribution in [0, 0.1) is 0 Å². The average molecular weight is 169 g/mol. The van der Waals surface area contributed by atoms with Gasteiger partial charge in [-0.05, 0) is 19.1 Å². The molecule has 1 heterocycles. The summed E-state index contributed by atoms with van der Waals surface area (Å²) >= 11 is 0. The third-order valence-electron chi connectivity index (χ3n) is 1.62. The second-order valence-corrected chi connectivity index (χ2v) is 2.82. The quantitative estimate of drug-likeness (QED) is 0.723. The second-order valence-electron chi connectivity index (χ2n) is 2.82. The van der Waals surface area contributed by atoms with Crippen molar-refractivity contribution in [2.75, 3.05) is 13.7 Å². The molecule has 3 heteroatoms. The van der Waals surface area contributed by atoms with E-state index >= 15 is 0 Å². The molecule has 0 saturated carbocycles. The number of methoxy groups -OCH3 is 1. The van der Waals surface area contributed by atoms with Crippen LogP contribution in [0.1, 0.15) is 12.7 Å². The van der Waals surface area contributed by atoms with E-state index < -0.39 is 0 Å². The zero-order valence-corrected chi connectivity index (χ0v) is 7.54. The lowest BCUT2D eigenvalue weighted by Crippen LogP contribution is -2.29. The second kappa shape index (κ2) is 4.95. The molecule has 3 nitrogen and oxygen atoms in total. The van der Waals surface area contributed by atoms with Gasteiger partial charge in [-0.1, -0.05) is 0 Å². The third-order valence-corrected chi connectivity index (χ3v) is 1.62. The molecular formula is C9H15NO2. The lowest BCUT2D eigenvalue weighted by molar-refractivity contribution is 0.170. The molecule has 1 N–H and O–H groups in total. The van der Waals surface area contributed by atoms with Crippen LogP contribution in [0.3, 0.4) is 0 Å². The monoisotopic (exact) mass is 169 g/mol. The van der Waals surface area contributed by atoms with Crippen LogP contribution in [0.5, 0.6) is 0 Å². The van der Waals surface area contributed by atoms with E-state index in [1.54, 1.807) is 13.4 Å². The fourth-order valence-electron chi connectivity index (χ4n) is 0.997. The van der Waals surface area contributed by atoms with Crippen molar-refractivity contribution in [3.05, 3.63) is 24.2 Å². The van der Waals surface area contributed by atoms with Crippen molar-refractivity contribution in [3.63, 3.8) is 0 Å². The average Bonchev–Trinajstić information content (AvgIpc) is 2.53. The fraction of sp³-hybridized carbons (Fsp3) is 0.556. The van der Waals surface area contributed by atoms with Crippen LogP contribution in [0.25, 0.3) is 0 Å². The van der Waals surface area contributed by atoms with Gasteiger partial charge in [0.2, 0.25) is 0 Å². The number of rotatable bonds is 5.